The molecule has 0 radical (unpaired) electrons. The third-order valence-electron chi connectivity index (χ3n) is 3.75. The van der Waals surface area contributed by atoms with Crippen LogP contribution >= 0.6 is 11.3 Å². The van der Waals surface area contributed by atoms with Gasteiger partial charge >= 0.3 is 6.61 Å². The second kappa shape index (κ2) is 8.06. The third-order valence-corrected chi connectivity index (χ3v) is 4.77. The van der Waals surface area contributed by atoms with E-state index in [1.165, 1.54) is 22.7 Å². The van der Waals surface area contributed by atoms with Crippen molar-refractivity contribution in [3.63, 3.8) is 0 Å². The van der Waals surface area contributed by atoms with Gasteiger partial charge in [-0.1, -0.05) is 17.3 Å². The third kappa shape index (κ3) is 4.54. The molecule has 0 spiro atoms. The van der Waals surface area contributed by atoms with Gasteiger partial charge in [0.2, 0.25) is 0 Å². The highest BCUT2D eigenvalue weighted by Crippen LogP contribution is 2.24. The van der Waals surface area contributed by atoms with Gasteiger partial charge in [0.1, 0.15) is 5.75 Å². The molecular weight excluding hydrogens is 350 g/mol. The van der Waals surface area contributed by atoms with Gasteiger partial charge in [0.25, 0.3) is 5.91 Å². The monoisotopic (exact) mass is 366 g/mol. The van der Waals surface area contributed by atoms with Gasteiger partial charge in [0.05, 0.1) is 6.21 Å². The number of amides is 1. The fourth-order valence-corrected chi connectivity index (χ4v) is 3.42. The number of ether oxygens (including phenoxy) is 1. The fourth-order valence-electron chi connectivity index (χ4n) is 2.53. The molecule has 1 aromatic heterocycles. The van der Waals surface area contributed by atoms with E-state index in [1.807, 2.05) is 11.4 Å². The van der Waals surface area contributed by atoms with E-state index in [0.29, 0.717) is 18.7 Å². The van der Waals surface area contributed by atoms with E-state index >= 15 is 0 Å². The lowest BCUT2D eigenvalue weighted by molar-refractivity contribution is -0.137. The lowest BCUT2D eigenvalue weighted by atomic mass is 10.1. The van der Waals surface area contributed by atoms with Gasteiger partial charge in [-0.3, -0.25) is 4.79 Å². The number of nitrogens with zero attached hydrogens (tertiary/aromatic N) is 2. The van der Waals surface area contributed by atoms with Crippen LogP contribution < -0.4 is 4.74 Å². The zero-order valence-electron chi connectivity index (χ0n) is 13.2. The van der Waals surface area contributed by atoms with Crippen molar-refractivity contribution in [1.29, 1.82) is 0 Å². The summed E-state index contributed by atoms with van der Waals surface area (Å²) in [5, 5.41) is 5.71. The molecule has 1 aliphatic rings. The Labute approximate surface area is 147 Å². The van der Waals surface area contributed by atoms with Crippen molar-refractivity contribution >= 4 is 23.5 Å². The molecule has 0 unspecified atom stereocenters. The van der Waals surface area contributed by atoms with E-state index in [1.54, 1.807) is 34.4 Å². The number of hydrogen-bond donors (Lipinski definition) is 0. The van der Waals surface area contributed by atoms with Crippen LogP contribution in [0.1, 0.15) is 16.0 Å². The molecule has 0 fully saturated rings. The highest BCUT2D eigenvalue weighted by atomic mass is 32.1. The number of alkyl halides is 2. The quantitative estimate of drug-likeness (QED) is 0.582. The Morgan fingerprint density at radius 2 is 2.20 bits per heavy atom. The van der Waals surface area contributed by atoms with E-state index in [-0.39, 0.29) is 18.3 Å². The van der Waals surface area contributed by atoms with Gasteiger partial charge in [0, 0.05) is 23.5 Å². The van der Waals surface area contributed by atoms with Crippen molar-refractivity contribution in [1.82, 2.24) is 4.90 Å². The molecule has 132 valence electrons. The average Bonchev–Trinajstić information content (AvgIpc) is 3.07. The van der Waals surface area contributed by atoms with E-state index in [0.717, 1.165) is 6.42 Å². The Hall–Kier alpha value is -2.48. The van der Waals surface area contributed by atoms with Crippen LogP contribution in [0.5, 0.6) is 5.75 Å². The first kappa shape index (κ1) is 17.3. The zero-order valence-corrected chi connectivity index (χ0v) is 14.0. The maximum absolute atomic E-state index is 12.3. The van der Waals surface area contributed by atoms with Gasteiger partial charge in [0.15, 0.2) is 6.61 Å². The predicted molar refractivity (Wildman–Crippen MR) is 90.1 cm³/mol. The molecule has 25 heavy (non-hydrogen) atoms. The Bertz CT molecular complexity index is 764. The Balaban J connectivity index is 1.51. The molecule has 2 aromatic rings. The molecule has 0 saturated heterocycles. The molecule has 2 heterocycles. The number of thiophene rings is 1. The largest absolute Gasteiger partial charge is 0.434 e. The molecule has 0 saturated carbocycles. The molecule has 0 N–H and O–H groups in total. The summed E-state index contributed by atoms with van der Waals surface area (Å²) in [5.41, 5.74) is 1.52. The summed E-state index contributed by atoms with van der Waals surface area (Å²) in [6.07, 6.45) is 2.10. The van der Waals surface area contributed by atoms with Crippen LogP contribution in [0.25, 0.3) is 0 Å². The van der Waals surface area contributed by atoms with Crippen LogP contribution in [0.15, 0.2) is 40.9 Å². The van der Waals surface area contributed by atoms with Crippen LogP contribution in [0.3, 0.4) is 0 Å². The van der Waals surface area contributed by atoms with Gasteiger partial charge in [-0.25, -0.2) is 0 Å². The molecular formula is C17H16F2N2O3S. The van der Waals surface area contributed by atoms with Crippen LogP contribution in [0.2, 0.25) is 0 Å². The molecule has 8 heteroatoms. The molecule has 1 aliphatic heterocycles. The number of para-hydroxylation sites is 1. The van der Waals surface area contributed by atoms with E-state index in [9.17, 15) is 13.6 Å². The average molecular weight is 366 g/mol. The Morgan fingerprint density at radius 1 is 1.36 bits per heavy atom. The summed E-state index contributed by atoms with van der Waals surface area (Å²) in [6.45, 7) is -1.88. The summed E-state index contributed by atoms with van der Waals surface area (Å²) in [5.74, 6) is -0.164. The second-order valence-electron chi connectivity index (χ2n) is 5.36. The van der Waals surface area contributed by atoms with Crippen molar-refractivity contribution < 1.29 is 23.1 Å². The normalized spacial score (nSPS) is 14.0. The van der Waals surface area contributed by atoms with Gasteiger partial charge in [-0.2, -0.15) is 8.78 Å². The maximum Gasteiger partial charge on any atom is 0.387 e. The topological polar surface area (TPSA) is 51.1 Å². The van der Waals surface area contributed by atoms with E-state index in [4.69, 9.17) is 4.84 Å². The SMILES string of the molecule is O=C(CO/N=C/c1ccccc1OC(F)F)N1CCc2sccc2C1. The molecule has 5 nitrogen and oxygen atoms in total. The number of halogens is 2. The summed E-state index contributed by atoms with van der Waals surface area (Å²) < 4.78 is 29.1. The molecule has 0 bridgehead atoms. The summed E-state index contributed by atoms with van der Waals surface area (Å²) in [7, 11) is 0. The lowest BCUT2D eigenvalue weighted by Crippen LogP contribution is -2.37. The first-order chi connectivity index (χ1) is 12.1. The van der Waals surface area contributed by atoms with Crippen molar-refractivity contribution in [2.45, 2.75) is 19.6 Å². The minimum absolute atomic E-state index is 0.00260. The smallest absolute Gasteiger partial charge is 0.387 e. The first-order valence-electron chi connectivity index (χ1n) is 7.65. The first-order valence-corrected chi connectivity index (χ1v) is 8.53. The molecule has 0 aliphatic carbocycles. The number of carbonyl (C=O) groups is 1. The van der Waals surface area contributed by atoms with Gasteiger partial charge in [-0.05, 0) is 35.6 Å². The van der Waals surface area contributed by atoms with Crippen LogP contribution in [0, 0.1) is 0 Å². The van der Waals surface area contributed by atoms with Crippen molar-refractivity contribution in [2.75, 3.05) is 13.2 Å². The minimum atomic E-state index is -2.92. The summed E-state index contributed by atoms with van der Waals surface area (Å²) in [4.78, 5) is 20.2. The van der Waals surface area contributed by atoms with Crippen molar-refractivity contribution in [2.24, 2.45) is 5.16 Å². The predicted octanol–water partition coefficient (Wildman–Crippen LogP) is 3.28. The second-order valence-corrected chi connectivity index (χ2v) is 6.36. The van der Waals surface area contributed by atoms with Crippen molar-refractivity contribution in [3.05, 3.63) is 51.7 Å². The number of hydrogen-bond acceptors (Lipinski definition) is 5. The standard InChI is InChI=1S/C17H16F2N2O3S/c18-17(19)24-14-4-2-1-3-12(14)9-20-23-11-16(22)21-7-5-15-13(10-21)6-8-25-15/h1-4,6,8-9,17H,5,7,10-11H2/b20-9+. The zero-order chi connectivity index (χ0) is 17.6. The Morgan fingerprint density at radius 3 is 3.04 bits per heavy atom. The minimum Gasteiger partial charge on any atom is -0.434 e. The summed E-state index contributed by atoms with van der Waals surface area (Å²) >= 11 is 1.71. The van der Waals surface area contributed by atoms with Crippen molar-refractivity contribution in [3.8, 4) is 5.75 Å². The molecule has 3 rings (SSSR count). The van der Waals surface area contributed by atoms with Gasteiger partial charge < -0.3 is 14.5 Å². The number of fused-ring (bicyclic) bond motifs is 1. The Kier molecular flexibility index (Phi) is 5.60. The van der Waals surface area contributed by atoms with Crippen LogP contribution in [-0.4, -0.2) is 36.8 Å². The number of oxime groups is 1. The lowest BCUT2D eigenvalue weighted by Gasteiger charge is -2.26. The summed E-state index contributed by atoms with van der Waals surface area (Å²) in [6, 6.07) is 8.24. The van der Waals surface area contributed by atoms with Crippen LogP contribution in [0.4, 0.5) is 8.78 Å². The highest BCUT2D eigenvalue weighted by Gasteiger charge is 2.21. The fraction of sp³-hybridized carbons (Fsp3) is 0.294. The number of carbonyl (C=O) groups excluding carboxylic acids is 1. The molecule has 0 atom stereocenters. The molecule has 1 aromatic carbocycles. The van der Waals surface area contributed by atoms with Gasteiger partial charge in [-0.15, -0.1) is 11.3 Å². The number of benzene rings is 1. The number of rotatable bonds is 6. The van der Waals surface area contributed by atoms with E-state index < -0.39 is 6.61 Å². The maximum atomic E-state index is 12.3. The highest BCUT2D eigenvalue weighted by molar-refractivity contribution is 7.10. The van der Waals surface area contributed by atoms with Crippen LogP contribution in [-0.2, 0) is 22.6 Å². The molecule has 1 amide bonds. The van der Waals surface area contributed by atoms with E-state index in [2.05, 4.69) is 9.89 Å².